The molecule has 0 aliphatic heterocycles. The van der Waals surface area contributed by atoms with Gasteiger partial charge >= 0.3 is 0 Å². The average Bonchev–Trinajstić information content (AvgIpc) is 3.01. The van der Waals surface area contributed by atoms with Crippen molar-refractivity contribution >= 4 is 29.7 Å². The van der Waals surface area contributed by atoms with Crippen LogP contribution in [0.3, 0.4) is 0 Å². The molecule has 0 aromatic carbocycles. The van der Waals surface area contributed by atoms with Crippen molar-refractivity contribution in [3.8, 4) is 0 Å². The highest BCUT2D eigenvalue weighted by Gasteiger charge is 1.92. The van der Waals surface area contributed by atoms with Crippen molar-refractivity contribution in [2.24, 2.45) is 0 Å². The van der Waals surface area contributed by atoms with Crippen LogP contribution in [0.1, 0.15) is 75.9 Å². The summed E-state index contributed by atoms with van der Waals surface area (Å²) in [7, 11) is 0. The fourth-order valence-corrected chi connectivity index (χ4v) is 2.00. The molecule has 1 aromatic rings. The first-order chi connectivity index (χ1) is 11.0. The Bertz CT molecular complexity index is 429. The van der Waals surface area contributed by atoms with Crippen LogP contribution in [0.15, 0.2) is 29.2 Å². The summed E-state index contributed by atoms with van der Waals surface area (Å²) in [6.45, 7) is 7.63. The zero-order valence-corrected chi connectivity index (χ0v) is 15.7. The molecular weight excluding hydrogens is 308 g/mol. The number of Topliss-reactive ketones (excluding diaryl/α,β-unsaturated/α-hetero) is 1. The zero-order valence-electron chi connectivity index (χ0n) is 14.8. The maximum absolute atomic E-state index is 10.5. The van der Waals surface area contributed by atoms with E-state index in [-0.39, 0.29) is 0 Å². The minimum Gasteiger partial charge on any atom is -0.300 e. The molecule has 0 amide bonds. The Labute approximate surface area is 144 Å². The van der Waals surface area contributed by atoms with Crippen molar-refractivity contribution in [3.63, 3.8) is 0 Å². The number of carbonyl (C=O) groups is 3. The number of rotatable bonds is 8. The van der Waals surface area contributed by atoms with Gasteiger partial charge in [-0.25, -0.2) is 0 Å². The summed E-state index contributed by atoms with van der Waals surface area (Å²) in [5, 5.41) is 1.88. The fourth-order valence-electron chi connectivity index (χ4n) is 1.47. The largest absolute Gasteiger partial charge is 0.300 e. The van der Waals surface area contributed by atoms with Crippen molar-refractivity contribution in [3.05, 3.63) is 34.0 Å². The van der Waals surface area contributed by atoms with E-state index >= 15 is 0 Å². The van der Waals surface area contributed by atoms with Crippen LogP contribution < -0.4 is 0 Å². The van der Waals surface area contributed by atoms with Crippen LogP contribution >= 0.6 is 11.3 Å². The Morgan fingerprint density at radius 1 is 1.09 bits per heavy atom. The molecule has 0 aliphatic rings. The molecule has 0 saturated carbocycles. The minimum absolute atomic E-state index is 0.330. The second-order valence-corrected chi connectivity index (χ2v) is 6.36. The minimum atomic E-state index is 0.330. The van der Waals surface area contributed by atoms with Gasteiger partial charge in [0.1, 0.15) is 12.1 Å². The first kappa shape index (κ1) is 23.7. The van der Waals surface area contributed by atoms with Crippen LogP contribution in [0.5, 0.6) is 0 Å². The molecule has 0 aliphatic carbocycles. The van der Waals surface area contributed by atoms with Crippen molar-refractivity contribution in [1.29, 1.82) is 0 Å². The lowest BCUT2D eigenvalue weighted by Gasteiger charge is -1.95. The number of ketones is 1. The number of unbranched alkanes of at least 4 members (excludes halogenated alkanes) is 4. The van der Waals surface area contributed by atoms with Gasteiger partial charge in [-0.05, 0) is 44.7 Å². The molecule has 0 spiro atoms. The molecule has 0 saturated heterocycles. The summed E-state index contributed by atoms with van der Waals surface area (Å²) in [5.74, 6) is 0.330. The van der Waals surface area contributed by atoms with Gasteiger partial charge in [-0.3, -0.25) is 9.59 Å². The third kappa shape index (κ3) is 22.9. The van der Waals surface area contributed by atoms with Crippen molar-refractivity contribution < 1.29 is 14.4 Å². The Morgan fingerprint density at radius 2 is 1.74 bits per heavy atom. The van der Waals surface area contributed by atoms with E-state index in [0.29, 0.717) is 5.78 Å². The van der Waals surface area contributed by atoms with E-state index in [2.05, 4.69) is 6.92 Å². The summed E-state index contributed by atoms with van der Waals surface area (Å²) in [5.41, 5.74) is 1.05. The number of allylic oxidation sites excluding steroid dienone is 2. The molecule has 0 N–H and O–H groups in total. The Morgan fingerprint density at radius 3 is 2.04 bits per heavy atom. The average molecular weight is 339 g/mol. The van der Waals surface area contributed by atoms with Gasteiger partial charge in [-0.15, -0.1) is 11.3 Å². The molecule has 0 atom stereocenters. The molecule has 0 fully saturated rings. The molecule has 0 unspecified atom stereocenters. The molecule has 1 aromatic heterocycles. The van der Waals surface area contributed by atoms with Crippen LogP contribution in [0.4, 0.5) is 0 Å². The van der Waals surface area contributed by atoms with E-state index in [1.54, 1.807) is 13.0 Å². The lowest BCUT2D eigenvalue weighted by Crippen LogP contribution is -1.88. The highest BCUT2D eigenvalue weighted by molar-refractivity contribution is 7.11. The van der Waals surface area contributed by atoms with E-state index in [1.165, 1.54) is 43.1 Å². The quantitative estimate of drug-likeness (QED) is 0.350. The van der Waals surface area contributed by atoms with Gasteiger partial charge in [0.2, 0.25) is 0 Å². The molecule has 0 bridgehead atoms. The Hall–Kier alpha value is -1.55. The molecule has 23 heavy (non-hydrogen) atoms. The summed E-state index contributed by atoms with van der Waals surface area (Å²) >= 11 is 1.45. The number of hydrogen-bond acceptors (Lipinski definition) is 4. The summed E-state index contributed by atoms with van der Waals surface area (Å²) < 4.78 is 0. The third-order valence-electron chi connectivity index (χ3n) is 2.69. The van der Waals surface area contributed by atoms with E-state index in [0.717, 1.165) is 35.9 Å². The lowest BCUT2D eigenvalue weighted by atomic mass is 10.1. The van der Waals surface area contributed by atoms with Crippen LogP contribution in [0.25, 0.3) is 0 Å². The van der Waals surface area contributed by atoms with Gasteiger partial charge in [0.25, 0.3) is 0 Å². The topological polar surface area (TPSA) is 51.2 Å². The lowest BCUT2D eigenvalue weighted by molar-refractivity contribution is -0.117. The number of thiophene rings is 1. The fraction of sp³-hybridized carbons (Fsp3) is 0.526. The van der Waals surface area contributed by atoms with Crippen molar-refractivity contribution in [2.45, 2.75) is 66.2 Å². The number of hydrogen-bond donors (Lipinski definition) is 0. The molecule has 3 nitrogen and oxygen atoms in total. The van der Waals surface area contributed by atoms with E-state index < -0.39 is 0 Å². The summed E-state index contributed by atoms with van der Waals surface area (Å²) in [6, 6.07) is 3.64. The van der Waals surface area contributed by atoms with Crippen LogP contribution in [0.2, 0.25) is 0 Å². The highest BCUT2D eigenvalue weighted by Crippen LogP contribution is 2.04. The smallest absolute Gasteiger partial charge is 0.159 e. The monoisotopic (exact) mass is 338 g/mol. The van der Waals surface area contributed by atoms with Gasteiger partial charge in [0.15, 0.2) is 6.29 Å². The van der Waals surface area contributed by atoms with Gasteiger partial charge < -0.3 is 4.79 Å². The van der Waals surface area contributed by atoms with E-state index in [9.17, 15) is 14.4 Å². The molecule has 0 radical (unpaired) electrons. The molecular formula is C19H30O3S. The van der Waals surface area contributed by atoms with Crippen LogP contribution in [-0.4, -0.2) is 18.4 Å². The SMILES string of the molecule is CC(C)=CC=O.CCCCCCCC(C)=O.O=Cc1cccs1. The van der Waals surface area contributed by atoms with Gasteiger partial charge in [0.05, 0.1) is 4.88 Å². The normalized spacial score (nSPS) is 8.70. The molecule has 4 heteroatoms. The Kier molecular flexibility index (Phi) is 19.1. The predicted molar refractivity (Wildman–Crippen MR) is 99.3 cm³/mol. The van der Waals surface area contributed by atoms with E-state index in [1.807, 2.05) is 25.3 Å². The van der Waals surface area contributed by atoms with Crippen LogP contribution in [-0.2, 0) is 9.59 Å². The first-order valence-electron chi connectivity index (χ1n) is 8.04. The zero-order chi connectivity index (χ0) is 17.9. The molecule has 130 valence electrons. The van der Waals surface area contributed by atoms with Crippen LogP contribution in [0, 0.1) is 0 Å². The second-order valence-electron chi connectivity index (χ2n) is 5.38. The number of aldehydes is 2. The van der Waals surface area contributed by atoms with Gasteiger partial charge in [-0.1, -0.05) is 44.2 Å². The maximum Gasteiger partial charge on any atom is 0.159 e. The second kappa shape index (κ2) is 18.5. The number of carbonyl (C=O) groups excluding carboxylic acids is 3. The summed E-state index contributed by atoms with van der Waals surface area (Å²) in [4.78, 5) is 30.7. The third-order valence-corrected chi connectivity index (χ3v) is 3.49. The van der Waals surface area contributed by atoms with Gasteiger partial charge in [-0.2, -0.15) is 0 Å². The molecule has 1 heterocycles. The van der Waals surface area contributed by atoms with Gasteiger partial charge in [0, 0.05) is 6.42 Å². The maximum atomic E-state index is 10.5. The summed E-state index contributed by atoms with van der Waals surface area (Å²) in [6.07, 6.45) is 10.2. The molecule has 1 rings (SSSR count). The van der Waals surface area contributed by atoms with Crippen molar-refractivity contribution in [1.82, 2.24) is 0 Å². The van der Waals surface area contributed by atoms with E-state index in [4.69, 9.17) is 0 Å². The van der Waals surface area contributed by atoms with Crippen molar-refractivity contribution in [2.75, 3.05) is 0 Å². The standard InChI is InChI=1S/C9H18O.C5H4OS.C5H8O/c1-3-4-5-6-7-8-9(2)10;6-4-5-2-1-3-7-5;1-5(2)3-4-6/h3-8H2,1-2H3;1-4H;3-4H,1-2H3. The Balaban J connectivity index is 0. The predicted octanol–water partition coefficient (Wildman–Crippen LogP) is 5.65. The first-order valence-corrected chi connectivity index (χ1v) is 8.92. The highest BCUT2D eigenvalue weighted by atomic mass is 32.1.